The minimum Gasteiger partial charge on any atom is -0.468 e. The highest BCUT2D eigenvalue weighted by Crippen LogP contribution is 2.40. The Hall–Kier alpha value is -5.74. The lowest BCUT2D eigenvalue weighted by molar-refractivity contribution is -0.0753. The van der Waals surface area contributed by atoms with Crippen molar-refractivity contribution in [3.63, 3.8) is 0 Å². The predicted octanol–water partition coefficient (Wildman–Crippen LogP) is 12.8. The Morgan fingerprint density at radius 3 is 1.20 bits per heavy atom. The van der Waals surface area contributed by atoms with E-state index in [1.54, 1.807) is 48.5 Å². The van der Waals surface area contributed by atoms with Gasteiger partial charge in [0.15, 0.2) is 36.7 Å². The molecule has 0 heterocycles. The summed E-state index contributed by atoms with van der Waals surface area (Å²) in [7, 11) is 0. The lowest BCUT2D eigenvalue weighted by atomic mass is 9.74. The summed E-state index contributed by atoms with van der Waals surface area (Å²) in [5, 5.41) is 0. The van der Waals surface area contributed by atoms with Crippen LogP contribution < -0.4 is 18.9 Å². The van der Waals surface area contributed by atoms with Crippen LogP contribution in [0.2, 0.25) is 0 Å². The molecule has 2 unspecified atom stereocenters. The summed E-state index contributed by atoms with van der Waals surface area (Å²) >= 11 is 0. The first-order valence-electron chi connectivity index (χ1n) is 20.8. The van der Waals surface area contributed by atoms with Crippen LogP contribution in [-0.4, -0.2) is 39.0 Å². The molecule has 0 aliphatic carbocycles. The number of rotatable bonds is 22. The van der Waals surface area contributed by atoms with E-state index in [1.807, 2.05) is 98.8 Å². The molecule has 0 spiro atoms. The van der Waals surface area contributed by atoms with Crippen LogP contribution >= 0.6 is 0 Å². The zero-order valence-corrected chi connectivity index (χ0v) is 35.9. The van der Waals surface area contributed by atoms with E-state index in [9.17, 15) is 0 Å². The summed E-state index contributed by atoms with van der Waals surface area (Å²) in [6.07, 6.45) is -0.139. The van der Waals surface area contributed by atoms with Crippen LogP contribution in [0.25, 0.3) is 0 Å². The van der Waals surface area contributed by atoms with Gasteiger partial charge in [-0.15, -0.1) is 0 Å². The molecule has 0 radical (unpaired) electrons. The number of halogens is 2. The van der Waals surface area contributed by atoms with Crippen molar-refractivity contribution < 1.29 is 41.9 Å². The SMILES string of the molecule is CCOCOc1ccc(C(C)(C)C(Cc2ccc(F)c(Oc3ccccc3)c2)OC(Cc2ccc(F)c(Oc3ccccc3)c2)C(C)(C)c2ccc(OCOCC)cc2)cc1. The van der Waals surface area contributed by atoms with Crippen LogP contribution in [0.15, 0.2) is 146 Å². The Balaban J connectivity index is 1.40. The Morgan fingerprint density at radius 1 is 0.459 bits per heavy atom. The van der Waals surface area contributed by atoms with Crippen LogP contribution in [0, 0.1) is 11.6 Å². The van der Waals surface area contributed by atoms with E-state index in [0.717, 1.165) is 22.3 Å². The van der Waals surface area contributed by atoms with Crippen molar-refractivity contribution in [2.75, 3.05) is 26.8 Å². The molecule has 61 heavy (non-hydrogen) atoms. The summed E-state index contributed by atoms with van der Waals surface area (Å²) in [6.45, 7) is 13.8. The standard InChI is InChI=1S/C52H56F2O7/c1-7-55-35-57-41-25-21-39(22-26-41)51(3,4)49(33-37-19-29-45(53)47(31-37)59-43-15-11-9-12-16-43)61-50(52(5,6)40-23-27-42(28-24-40)58-36-56-8-2)34-38-20-30-46(54)48(32-38)60-44-17-13-10-14-18-44/h9-32,49-50H,7-8,33-36H2,1-6H3. The molecule has 0 saturated heterocycles. The second-order valence-corrected chi connectivity index (χ2v) is 15.9. The molecule has 0 saturated carbocycles. The third kappa shape index (κ3) is 12.2. The zero-order chi connectivity index (χ0) is 43.2. The predicted molar refractivity (Wildman–Crippen MR) is 235 cm³/mol. The number of hydrogen-bond acceptors (Lipinski definition) is 7. The van der Waals surface area contributed by atoms with E-state index in [4.69, 9.17) is 33.2 Å². The molecule has 0 aliphatic heterocycles. The van der Waals surface area contributed by atoms with Crippen molar-refractivity contribution in [2.45, 2.75) is 77.4 Å². The number of para-hydroxylation sites is 2. The minimum atomic E-state index is -0.608. The van der Waals surface area contributed by atoms with E-state index >= 15 is 8.78 Å². The fraction of sp³-hybridized carbons (Fsp3) is 0.308. The van der Waals surface area contributed by atoms with Crippen molar-refractivity contribution >= 4 is 0 Å². The van der Waals surface area contributed by atoms with Crippen LogP contribution in [0.5, 0.6) is 34.5 Å². The first-order chi connectivity index (χ1) is 29.5. The van der Waals surface area contributed by atoms with Gasteiger partial charge in [-0.1, -0.05) is 100 Å². The van der Waals surface area contributed by atoms with Gasteiger partial charge >= 0.3 is 0 Å². The van der Waals surface area contributed by atoms with E-state index < -0.39 is 34.7 Å². The molecule has 6 rings (SSSR count). The number of hydrogen-bond donors (Lipinski definition) is 0. The van der Waals surface area contributed by atoms with Crippen LogP contribution in [0.1, 0.15) is 63.8 Å². The summed E-state index contributed by atoms with van der Waals surface area (Å²) in [6, 6.07) is 44.1. The second-order valence-electron chi connectivity index (χ2n) is 15.9. The number of ether oxygens (including phenoxy) is 7. The van der Waals surface area contributed by atoms with Gasteiger partial charge in [0.1, 0.15) is 23.0 Å². The Labute approximate surface area is 359 Å². The van der Waals surface area contributed by atoms with Crippen LogP contribution in [0.4, 0.5) is 8.78 Å². The van der Waals surface area contributed by atoms with Gasteiger partial charge in [-0.05, 0) is 122 Å². The maximum atomic E-state index is 15.3. The van der Waals surface area contributed by atoms with E-state index in [2.05, 4.69) is 27.7 Å². The maximum Gasteiger partial charge on any atom is 0.189 e. The number of benzene rings is 6. The van der Waals surface area contributed by atoms with Crippen molar-refractivity contribution in [3.05, 3.63) is 179 Å². The molecule has 6 aromatic rings. The van der Waals surface area contributed by atoms with Crippen molar-refractivity contribution in [1.82, 2.24) is 0 Å². The fourth-order valence-corrected chi connectivity index (χ4v) is 7.03. The molecule has 0 aromatic heterocycles. The van der Waals surface area contributed by atoms with E-state index in [1.165, 1.54) is 12.1 Å². The van der Waals surface area contributed by atoms with Gasteiger partial charge in [0.25, 0.3) is 0 Å². The summed E-state index contributed by atoms with van der Waals surface area (Å²) in [4.78, 5) is 0. The van der Waals surface area contributed by atoms with Gasteiger partial charge in [-0.25, -0.2) is 8.78 Å². The lowest BCUT2D eigenvalue weighted by Gasteiger charge is -2.43. The molecule has 2 atom stereocenters. The summed E-state index contributed by atoms with van der Waals surface area (Å²) < 4.78 is 72.6. The topological polar surface area (TPSA) is 64.6 Å². The highest BCUT2D eigenvalue weighted by molar-refractivity contribution is 5.40. The third-order valence-corrected chi connectivity index (χ3v) is 10.9. The fourth-order valence-electron chi connectivity index (χ4n) is 7.03. The molecule has 0 bridgehead atoms. The summed E-state index contributed by atoms with van der Waals surface area (Å²) in [5.41, 5.74) is 2.46. The van der Waals surface area contributed by atoms with Gasteiger partial charge < -0.3 is 33.2 Å². The molecular formula is C52H56F2O7. The monoisotopic (exact) mass is 830 g/mol. The Bertz CT molecular complexity index is 2080. The smallest absolute Gasteiger partial charge is 0.189 e. The quantitative estimate of drug-likeness (QED) is 0.0499. The highest BCUT2D eigenvalue weighted by atomic mass is 19.1. The molecule has 320 valence electrons. The molecular weight excluding hydrogens is 775 g/mol. The van der Waals surface area contributed by atoms with Gasteiger partial charge in [-0.2, -0.15) is 0 Å². The molecule has 9 heteroatoms. The average molecular weight is 831 g/mol. The molecule has 0 aliphatic rings. The zero-order valence-electron chi connectivity index (χ0n) is 35.9. The van der Waals surface area contributed by atoms with Crippen LogP contribution in [0.3, 0.4) is 0 Å². The normalized spacial score (nSPS) is 12.7. The average Bonchev–Trinajstić information content (AvgIpc) is 3.26. The second kappa shape index (κ2) is 21.2. The van der Waals surface area contributed by atoms with E-state index in [0.29, 0.717) is 49.1 Å². The van der Waals surface area contributed by atoms with Gasteiger partial charge in [-0.3, -0.25) is 0 Å². The highest BCUT2D eigenvalue weighted by Gasteiger charge is 2.40. The Kier molecular flexibility index (Phi) is 15.6. The largest absolute Gasteiger partial charge is 0.468 e. The maximum absolute atomic E-state index is 15.3. The lowest BCUT2D eigenvalue weighted by Crippen LogP contribution is -2.46. The van der Waals surface area contributed by atoms with E-state index in [-0.39, 0.29) is 25.1 Å². The molecule has 0 amide bonds. The molecule has 6 aromatic carbocycles. The molecule has 7 nitrogen and oxygen atoms in total. The van der Waals surface area contributed by atoms with Crippen molar-refractivity contribution in [3.8, 4) is 34.5 Å². The van der Waals surface area contributed by atoms with Gasteiger partial charge in [0, 0.05) is 24.0 Å². The first-order valence-corrected chi connectivity index (χ1v) is 20.8. The Morgan fingerprint density at radius 2 is 0.836 bits per heavy atom. The van der Waals surface area contributed by atoms with Gasteiger partial charge in [0.05, 0.1) is 12.2 Å². The van der Waals surface area contributed by atoms with Crippen molar-refractivity contribution in [2.24, 2.45) is 0 Å². The summed E-state index contributed by atoms with van der Waals surface area (Å²) in [5.74, 6) is 1.74. The van der Waals surface area contributed by atoms with Crippen molar-refractivity contribution in [1.29, 1.82) is 0 Å². The minimum absolute atomic E-state index is 0.122. The van der Waals surface area contributed by atoms with Gasteiger partial charge in [0.2, 0.25) is 0 Å². The molecule has 0 fully saturated rings. The van der Waals surface area contributed by atoms with Crippen LogP contribution in [-0.2, 0) is 37.9 Å². The molecule has 0 N–H and O–H groups in total. The first kappa shape index (κ1) is 44.8. The third-order valence-electron chi connectivity index (χ3n) is 10.9.